The third-order valence-corrected chi connectivity index (χ3v) is 4.36. The van der Waals surface area contributed by atoms with E-state index in [-0.39, 0.29) is 5.82 Å². The van der Waals surface area contributed by atoms with Gasteiger partial charge in [-0.2, -0.15) is 0 Å². The van der Waals surface area contributed by atoms with Gasteiger partial charge in [0, 0.05) is 6.54 Å². The fourth-order valence-electron chi connectivity index (χ4n) is 3.04. The van der Waals surface area contributed by atoms with Crippen molar-refractivity contribution < 1.29 is 4.39 Å². The van der Waals surface area contributed by atoms with Gasteiger partial charge in [0.25, 0.3) is 0 Å². The second-order valence-electron chi connectivity index (χ2n) is 5.92. The molecule has 1 aromatic heterocycles. The van der Waals surface area contributed by atoms with E-state index < -0.39 is 0 Å². The van der Waals surface area contributed by atoms with Crippen LogP contribution in [0.4, 0.5) is 4.39 Å². The summed E-state index contributed by atoms with van der Waals surface area (Å²) < 4.78 is 16.4. The lowest BCUT2D eigenvalue weighted by atomic mass is 10.1. The number of halogens is 1. The van der Waals surface area contributed by atoms with Crippen molar-refractivity contribution in [3.63, 3.8) is 0 Å². The highest BCUT2D eigenvalue weighted by Crippen LogP contribution is 2.28. The van der Waals surface area contributed by atoms with E-state index in [1.807, 2.05) is 42.5 Å². The maximum absolute atomic E-state index is 14.3. The number of benzene rings is 3. The molecule has 2 nitrogen and oxygen atoms in total. The van der Waals surface area contributed by atoms with E-state index in [0.717, 1.165) is 11.0 Å². The van der Waals surface area contributed by atoms with Gasteiger partial charge in [-0.3, -0.25) is 0 Å². The Hall–Kier alpha value is -2.94. The van der Waals surface area contributed by atoms with Gasteiger partial charge in [-0.05, 0) is 42.3 Å². The molecule has 3 aromatic carbocycles. The van der Waals surface area contributed by atoms with Gasteiger partial charge in [0.15, 0.2) is 0 Å². The molecule has 0 saturated carbocycles. The van der Waals surface area contributed by atoms with E-state index in [2.05, 4.69) is 23.6 Å². The van der Waals surface area contributed by atoms with E-state index in [1.165, 1.54) is 17.2 Å². The predicted molar refractivity (Wildman–Crippen MR) is 95.4 cm³/mol. The first-order valence-electron chi connectivity index (χ1n) is 7.99. The van der Waals surface area contributed by atoms with Crippen LogP contribution in [0.25, 0.3) is 22.4 Å². The summed E-state index contributed by atoms with van der Waals surface area (Å²) in [5.41, 5.74) is 4.85. The summed E-state index contributed by atoms with van der Waals surface area (Å²) >= 11 is 0. The number of hydrogen-bond donors (Lipinski definition) is 0. The molecule has 118 valence electrons. The molecule has 1 heterocycles. The number of rotatable bonds is 3. The lowest BCUT2D eigenvalue weighted by Gasteiger charge is -2.12. The first kappa shape index (κ1) is 14.6. The molecule has 0 aliphatic heterocycles. The highest BCUT2D eigenvalue weighted by molar-refractivity contribution is 5.80. The molecule has 4 aromatic rings. The average Bonchev–Trinajstić information content (AvgIpc) is 2.96. The number of imidazole rings is 1. The minimum Gasteiger partial charge on any atom is -0.319 e. The van der Waals surface area contributed by atoms with Gasteiger partial charge in [-0.15, -0.1) is 0 Å². The molecule has 0 bridgehead atoms. The number of para-hydroxylation sites is 2. The Morgan fingerprint density at radius 3 is 2.42 bits per heavy atom. The zero-order chi connectivity index (χ0) is 16.5. The molecule has 0 spiro atoms. The molecule has 0 unspecified atom stereocenters. The fraction of sp³-hybridized carbons (Fsp3) is 0.0952. The smallest absolute Gasteiger partial charge is 0.144 e. The molecule has 0 saturated heterocycles. The van der Waals surface area contributed by atoms with Crippen LogP contribution in [0.2, 0.25) is 0 Å². The quantitative estimate of drug-likeness (QED) is 0.508. The van der Waals surface area contributed by atoms with Crippen molar-refractivity contribution in [2.75, 3.05) is 0 Å². The van der Waals surface area contributed by atoms with E-state index in [1.54, 1.807) is 12.1 Å². The maximum atomic E-state index is 14.3. The molecule has 0 amide bonds. The SMILES string of the molecule is Cc1ccccc1Cn1c(-c2ccccc2F)nc2ccccc21. The number of aromatic nitrogens is 2. The minimum absolute atomic E-state index is 0.251. The maximum Gasteiger partial charge on any atom is 0.144 e. The molecule has 4 rings (SSSR count). The summed E-state index contributed by atoms with van der Waals surface area (Å²) in [6, 6.07) is 23.0. The average molecular weight is 316 g/mol. The predicted octanol–water partition coefficient (Wildman–Crippen LogP) is 5.20. The zero-order valence-corrected chi connectivity index (χ0v) is 13.4. The van der Waals surface area contributed by atoms with Crippen LogP contribution in [-0.4, -0.2) is 9.55 Å². The number of aryl methyl sites for hydroxylation is 1. The molecule has 0 N–H and O–H groups in total. The normalized spacial score (nSPS) is 11.1. The number of hydrogen-bond acceptors (Lipinski definition) is 1. The lowest BCUT2D eigenvalue weighted by molar-refractivity contribution is 0.628. The summed E-state index contributed by atoms with van der Waals surface area (Å²) in [6.07, 6.45) is 0. The largest absolute Gasteiger partial charge is 0.319 e. The number of nitrogens with zero attached hydrogens (tertiary/aromatic N) is 2. The summed E-state index contributed by atoms with van der Waals surface area (Å²) in [4.78, 5) is 4.69. The third-order valence-electron chi connectivity index (χ3n) is 4.36. The summed E-state index contributed by atoms with van der Waals surface area (Å²) in [6.45, 7) is 2.76. The van der Waals surface area contributed by atoms with Gasteiger partial charge in [-0.1, -0.05) is 48.5 Å². The van der Waals surface area contributed by atoms with Crippen LogP contribution in [0.5, 0.6) is 0 Å². The topological polar surface area (TPSA) is 17.8 Å². The molecule has 3 heteroatoms. The Morgan fingerprint density at radius 2 is 1.58 bits per heavy atom. The fourth-order valence-corrected chi connectivity index (χ4v) is 3.04. The summed E-state index contributed by atoms with van der Waals surface area (Å²) in [7, 11) is 0. The Kier molecular flexibility index (Phi) is 3.62. The highest BCUT2D eigenvalue weighted by Gasteiger charge is 2.16. The Bertz CT molecular complexity index is 1020. The summed E-state index contributed by atoms with van der Waals surface area (Å²) in [5.74, 6) is 0.413. The molecule has 0 fully saturated rings. The Balaban J connectivity index is 1.94. The molecular formula is C21H17FN2. The second-order valence-corrected chi connectivity index (χ2v) is 5.92. The van der Waals surface area contributed by atoms with Crippen LogP contribution in [0.3, 0.4) is 0 Å². The van der Waals surface area contributed by atoms with E-state index >= 15 is 0 Å². The van der Waals surface area contributed by atoms with E-state index in [9.17, 15) is 4.39 Å². The van der Waals surface area contributed by atoms with Crippen molar-refractivity contribution in [3.8, 4) is 11.4 Å². The van der Waals surface area contributed by atoms with Gasteiger partial charge in [0.2, 0.25) is 0 Å². The third kappa shape index (κ3) is 2.48. The number of fused-ring (bicyclic) bond motifs is 1. The Morgan fingerprint density at radius 1 is 0.875 bits per heavy atom. The van der Waals surface area contributed by atoms with Crippen LogP contribution in [0.15, 0.2) is 72.8 Å². The van der Waals surface area contributed by atoms with Gasteiger partial charge >= 0.3 is 0 Å². The first-order chi connectivity index (χ1) is 11.7. The van der Waals surface area contributed by atoms with Crippen LogP contribution in [0, 0.1) is 12.7 Å². The van der Waals surface area contributed by atoms with Gasteiger partial charge in [-0.25, -0.2) is 9.37 Å². The molecular weight excluding hydrogens is 299 g/mol. The first-order valence-corrected chi connectivity index (χ1v) is 7.99. The highest BCUT2D eigenvalue weighted by atomic mass is 19.1. The standard InChI is InChI=1S/C21H17FN2/c1-15-8-2-3-9-16(15)14-24-20-13-7-6-12-19(20)23-21(24)17-10-4-5-11-18(17)22/h2-13H,14H2,1H3. The van der Waals surface area contributed by atoms with Gasteiger partial charge in [0.1, 0.15) is 11.6 Å². The van der Waals surface area contributed by atoms with E-state index in [4.69, 9.17) is 4.98 Å². The van der Waals surface area contributed by atoms with Gasteiger partial charge in [0.05, 0.1) is 16.6 Å². The molecule has 0 radical (unpaired) electrons. The monoisotopic (exact) mass is 316 g/mol. The van der Waals surface area contributed by atoms with Crippen molar-refractivity contribution in [1.82, 2.24) is 9.55 Å². The van der Waals surface area contributed by atoms with Crippen LogP contribution in [-0.2, 0) is 6.54 Å². The van der Waals surface area contributed by atoms with Crippen molar-refractivity contribution in [3.05, 3.63) is 89.7 Å². The minimum atomic E-state index is -0.251. The van der Waals surface area contributed by atoms with Crippen molar-refractivity contribution in [2.24, 2.45) is 0 Å². The van der Waals surface area contributed by atoms with Crippen LogP contribution < -0.4 is 0 Å². The van der Waals surface area contributed by atoms with Crippen LogP contribution in [0.1, 0.15) is 11.1 Å². The molecule has 0 aliphatic carbocycles. The summed E-state index contributed by atoms with van der Waals surface area (Å²) in [5, 5.41) is 0. The van der Waals surface area contributed by atoms with Crippen LogP contribution >= 0.6 is 0 Å². The lowest BCUT2D eigenvalue weighted by Crippen LogP contribution is -2.04. The van der Waals surface area contributed by atoms with E-state index in [0.29, 0.717) is 17.9 Å². The zero-order valence-electron chi connectivity index (χ0n) is 13.4. The van der Waals surface area contributed by atoms with Crippen molar-refractivity contribution in [1.29, 1.82) is 0 Å². The van der Waals surface area contributed by atoms with Gasteiger partial charge < -0.3 is 4.57 Å². The molecule has 24 heavy (non-hydrogen) atoms. The molecule has 0 aliphatic rings. The molecule has 0 atom stereocenters. The second kappa shape index (κ2) is 5.93. The van der Waals surface area contributed by atoms with Crippen molar-refractivity contribution in [2.45, 2.75) is 13.5 Å². The van der Waals surface area contributed by atoms with Crippen molar-refractivity contribution >= 4 is 11.0 Å². The Labute approximate surface area is 140 Å².